The van der Waals surface area contributed by atoms with Crippen LogP contribution < -0.4 is 0 Å². The maximum absolute atomic E-state index is 12.1. The second-order valence-electron chi connectivity index (χ2n) is 4.77. The zero-order valence-electron chi connectivity index (χ0n) is 11.1. The first-order valence-corrected chi connectivity index (χ1v) is 7.76. The Labute approximate surface area is 105 Å². The highest BCUT2D eigenvalue weighted by Gasteiger charge is 2.28. The fourth-order valence-electron chi connectivity index (χ4n) is 1.92. The molecule has 1 atom stereocenters. The van der Waals surface area contributed by atoms with E-state index in [0.717, 1.165) is 0 Å². The van der Waals surface area contributed by atoms with Gasteiger partial charge in [0.15, 0.2) is 0 Å². The minimum absolute atomic E-state index is 0.0695. The molecule has 5 heteroatoms. The third-order valence-corrected chi connectivity index (χ3v) is 4.90. The molecular formula is C12H23NO3S. The van der Waals surface area contributed by atoms with E-state index in [4.69, 9.17) is 4.74 Å². The Balaban J connectivity index is 2.57. The summed E-state index contributed by atoms with van der Waals surface area (Å²) in [4.78, 5) is 0. The predicted molar refractivity (Wildman–Crippen MR) is 69.4 cm³/mol. The van der Waals surface area contributed by atoms with Crippen LogP contribution in [0.4, 0.5) is 0 Å². The summed E-state index contributed by atoms with van der Waals surface area (Å²) in [5, 5.41) is 0. The highest BCUT2D eigenvalue weighted by Crippen LogP contribution is 2.20. The Morgan fingerprint density at radius 1 is 1.41 bits per heavy atom. The van der Waals surface area contributed by atoms with Crippen molar-refractivity contribution in [3.8, 4) is 0 Å². The molecule has 0 saturated carbocycles. The maximum atomic E-state index is 12.1. The van der Waals surface area contributed by atoms with Gasteiger partial charge < -0.3 is 4.74 Å². The molecule has 0 bridgehead atoms. The van der Waals surface area contributed by atoms with Crippen LogP contribution in [0.15, 0.2) is 11.6 Å². The molecule has 17 heavy (non-hydrogen) atoms. The second-order valence-corrected chi connectivity index (χ2v) is 6.78. The molecule has 0 saturated heterocycles. The normalized spacial score (nSPS) is 19.7. The van der Waals surface area contributed by atoms with Gasteiger partial charge in [-0.2, -0.15) is 4.31 Å². The summed E-state index contributed by atoms with van der Waals surface area (Å²) in [6.07, 6.45) is 1.78. The van der Waals surface area contributed by atoms with E-state index in [2.05, 4.69) is 13.8 Å². The standard InChI is InChI=1S/C12H23NO3S/c1-5-16-11(4)9-17(14,15)13-7-6-12(8-13)10(2)3/h6,10-11H,5,7-9H2,1-4H3. The molecule has 1 aliphatic heterocycles. The molecule has 1 aliphatic rings. The van der Waals surface area contributed by atoms with E-state index in [1.165, 1.54) is 9.88 Å². The fraction of sp³-hybridized carbons (Fsp3) is 0.833. The zero-order valence-corrected chi connectivity index (χ0v) is 12.0. The van der Waals surface area contributed by atoms with Gasteiger partial charge in [0.1, 0.15) is 0 Å². The van der Waals surface area contributed by atoms with Gasteiger partial charge in [-0.15, -0.1) is 0 Å². The summed E-state index contributed by atoms with van der Waals surface area (Å²) in [5.41, 5.74) is 1.21. The lowest BCUT2D eigenvalue weighted by Crippen LogP contribution is -2.35. The Kier molecular flexibility index (Phi) is 5.16. The van der Waals surface area contributed by atoms with Gasteiger partial charge in [-0.25, -0.2) is 8.42 Å². The molecular weight excluding hydrogens is 238 g/mol. The van der Waals surface area contributed by atoms with Crippen LogP contribution in [0.25, 0.3) is 0 Å². The van der Waals surface area contributed by atoms with Gasteiger partial charge in [-0.3, -0.25) is 0 Å². The first-order chi connectivity index (χ1) is 7.86. The first-order valence-electron chi connectivity index (χ1n) is 6.15. The molecule has 0 amide bonds. The van der Waals surface area contributed by atoms with E-state index in [1.807, 2.05) is 13.0 Å². The SMILES string of the molecule is CCOC(C)CS(=O)(=O)N1CC=C(C(C)C)C1. The summed E-state index contributed by atoms with van der Waals surface area (Å²) in [7, 11) is -3.19. The van der Waals surface area contributed by atoms with E-state index in [-0.39, 0.29) is 11.9 Å². The molecule has 0 spiro atoms. The number of nitrogens with zero attached hydrogens (tertiary/aromatic N) is 1. The van der Waals surface area contributed by atoms with E-state index in [0.29, 0.717) is 25.6 Å². The third-order valence-electron chi connectivity index (χ3n) is 2.95. The Morgan fingerprint density at radius 2 is 2.06 bits per heavy atom. The summed E-state index contributed by atoms with van der Waals surface area (Å²) < 4.78 is 31.0. The molecule has 0 aromatic heterocycles. The zero-order chi connectivity index (χ0) is 13.1. The topological polar surface area (TPSA) is 46.6 Å². The van der Waals surface area contributed by atoms with E-state index >= 15 is 0 Å². The second kappa shape index (κ2) is 5.98. The van der Waals surface area contributed by atoms with Gasteiger partial charge in [0.2, 0.25) is 10.0 Å². The van der Waals surface area contributed by atoms with Crippen molar-refractivity contribution in [3.63, 3.8) is 0 Å². The number of hydrogen-bond donors (Lipinski definition) is 0. The predicted octanol–water partition coefficient (Wildman–Crippen LogP) is 1.64. The molecule has 0 aromatic rings. The van der Waals surface area contributed by atoms with Gasteiger partial charge in [0, 0.05) is 19.7 Å². The van der Waals surface area contributed by atoms with Gasteiger partial charge >= 0.3 is 0 Å². The average molecular weight is 261 g/mol. The summed E-state index contributed by atoms with van der Waals surface area (Å²) in [6.45, 7) is 9.45. The van der Waals surface area contributed by atoms with Crippen molar-refractivity contribution >= 4 is 10.0 Å². The lowest BCUT2D eigenvalue weighted by molar-refractivity contribution is 0.0912. The number of hydrogen-bond acceptors (Lipinski definition) is 3. The monoisotopic (exact) mass is 261 g/mol. The molecule has 0 radical (unpaired) electrons. The number of sulfonamides is 1. The van der Waals surface area contributed by atoms with Crippen molar-refractivity contribution in [2.75, 3.05) is 25.4 Å². The van der Waals surface area contributed by atoms with Crippen LogP contribution in [-0.4, -0.2) is 44.3 Å². The number of ether oxygens (including phenoxy) is 1. The lowest BCUT2D eigenvalue weighted by Gasteiger charge is -2.20. The molecule has 1 rings (SSSR count). The van der Waals surface area contributed by atoms with Gasteiger partial charge in [-0.1, -0.05) is 25.5 Å². The van der Waals surface area contributed by atoms with Crippen molar-refractivity contribution in [2.45, 2.75) is 33.8 Å². The van der Waals surface area contributed by atoms with Gasteiger partial charge in [0.05, 0.1) is 11.9 Å². The summed E-state index contributed by atoms with van der Waals surface area (Å²) in [5.74, 6) is 0.486. The molecule has 0 aromatic carbocycles. The van der Waals surface area contributed by atoms with Crippen molar-refractivity contribution in [2.24, 2.45) is 5.92 Å². The van der Waals surface area contributed by atoms with Gasteiger partial charge in [-0.05, 0) is 19.8 Å². The van der Waals surface area contributed by atoms with Crippen LogP contribution >= 0.6 is 0 Å². The number of rotatable bonds is 6. The maximum Gasteiger partial charge on any atom is 0.217 e. The highest BCUT2D eigenvalue weighted by molar-refractivity contribution is 7.89. The van der Waals surface area contributed by atoms with Crippen LogP contribution in [-0.2, 0) is 14.8 Å². The smallest absolute Gasteiger partial charge is 0.217 e. The van der Waals surface area contributed by atoms with Crippen molar-refractivity contribution < 1.29 is 13.2 Å². The minimum Gasteiger partial charge on any atom is -0.378 e. The van der Waals surface area contributed by atoms with Crippen LogP contribution in [0.1, 0.15) is 27.7 Å². The lowest BCUT2D eigenvalue weighted by atomic mass is 10.1. The van der Waals surface area contributed by atoms with Crippen LogP contribution in [0.5, 0.6) is 0 Å². The van der Waals surface area contributed by atoms with Crippen LogP contribution in [0, 0.1) is 5.92 Å². The van der Waals surface area contributed by atoms with E-state index in [1.54, 1.807) is 6.92 Å². The van der Waals surface area contributed by atoms with Crippen LogP contribution in [0.2, 0.25) is 0 Å². The largest absolute Gasteiger partial charge is 0.378 e. The minimum atomic E-state index is -3.19. The average Bonchev–Trinajstić information content (AvgIpc) is 2.65. The third kappa shape index (κ3) is 4.08. The van der Waals surface area contributed by atoms with E-state index < -0.39 is 10.0 Å². The quantitative estimate of drug-likeness (QED) is 0.683. The Bertz CT molecular complexity index is 373. The first kappa shape index (κ1) is 14.7. The van der Waals surface area contributed by atoms with Crippen LogP contribution in [0.3, 0.4) is 0 Å². The summed E-state index contributed by atoms with van der Waals surface area (Å²) >= 11 is 0. The molecule has 0 aliphatic carbocycles. The molecule has 0 N–H and O–H groups in total. The van der Waals surface area contributed by atoms with Crippen molar-refractivity contribution in [1.29, 1.82) is 0 Å². The Morgan fingerprint density at radius 3 is 2.53 bits per heavy atom. The fourth-order valence-corrected chi connectivity index (χ4v) is 3.46. The van der Waals surface area contributed by atoms with Gasteiger partial charge in [0.25, 0.3) is 0 Å². The molecule has 100 valence electrons. The van der Waals surface area contributed by atoms with Crippen molar-refractivity contribution in [1.82, 2.24) is 4.31 Å². The molecule has 1 heterocycles. The summed E-state index contributed by atoms with van der Waals surface area (Å²) in [6, 6.07) is 0. The molecule has 1 unspecified atom stereocenters. The van der Waals surface area contributed by atoms with Crippen molar-refractivity contribution in [3.05, 3.63) is 11.6 Å². The molecule has 0 fully saturated rings. The Hall–Kier alpha value is -0.390. The molecule has 4 nitrogen and oxygen atoms in total. The highest BCUT2D eigenvalue weighted by atomic mass is 32.2. The van der Waals surface area contributed by atoms with E-state index in [9.17, 15) is 8.42 Å².